The maximum atomic E-state index is 10.4. The number of rotatable bonds is 5. The average molecular weight is 198 g/mol. The maximum absolute atomic E-state index is 10.4. The summed E-state index contributed by atoms with van der Waals surface area (Å²) in [6.07, 6.45) is 2.44. The third-order valence-corrected chi connectivity index (χ3v) is 2.69. The molecule has 2 N–H and O–H groups in total. The summed E-state index contributed by atoms with van der Waals surface area (Å²) >= 11 is 0. The molecule has 1 aliphatic rings. The van der Waals surface area contributed by atoms with Gasteiger partial charge in [0.2, 0.25) is 0 Å². The zero-order valence-electron chi connectivity index (χ0n) is 8.62. The molecule has 1 aliphatic heterocycles. The molecule has 4 nitrogen and oxygen atoms in total. The van der Waals surface area contributed by atoms with E-state index in [0.717, 1.165) is 13.1 Å². The quantitative estimate of drug-likeness (QED) is 0.624. The highest BCUT2D eigenvalue weighted by Crippen LogP contribution is 2.13. The molecule has 1 saturated heterocycles. The molecule has 0 spiro atoms. The summed E-state index contributed by atoms with van der Waals surface area (Å²) in [5.74, 6) is -0.919. The molecule has 1 heterocycles. The Balaban J connectivity index is 2.15. The van der Waals surface area contributed by atoms with Crippen molar-refractivity contribution < 1.29 is 9.90 Å². The molecule has 4 heteroatoms. The Kier molecular flexibility index (Phi) is 4.10. The lowest BCUT2D eigenvalue weighted by Crippen LogP contribution is -2.36. The molecule has 0 aliphatic carbocycles. The fourth-order valence-corrected chi connectivity index (χ4v) is 1.70. The van der Waals surface area contributed by atoms with Gasteiger partial charge in [-0.25, -0.2) is 4.79 Å². The minimum absolute atomic E-state index is 0.227. The van der Waals surface area contributed by atoms with Gasteiger partial charge in [0.05, 0.1) is 0 Å². The van der Waals surface area contributed by atoms with Crippen molar-refractivity contribution in [2.75, 3.05) is 26.7 Å². The Labute approximate surface area is 84.6 Å². The average Bonchev–Trinajstić information content (AvgIpc) is 2.51. The lowest BCUT2D eigenvalue weighted by atomic mass is 10.2. The van der Waals surface area contributed by atoms with Gasteiger partial charge in [-0.05, 0) is 26.4 Å². The standard InChI is InChI=1S/C10H18N2O2/c1-8(10(13)14)6-11-7-9-4-3-5-12(9)2/h9,11H,1,3-7H2,2H3,(H,13,14). The molecule has 1 unspecified atom stereocenters. The number of nitrogens with one attached hydrogen (secondary N) is 1. The van der Waals surface area contributed by atoms with Gasteiger partial charge >= 0.3 is 5.97 Å². The SMILES string of the molecule is C=C(CNCC1CCCN1C)C(=O)O. The monoisotopic (exact) mass is 198 g/mol. The number of carboxylic acids is 1. The zero-order chi connectivity index (χ0) is 10.6. The first kappa shape index (κ1) is 11.2. The van der Waals surface area contributed by atoms with Gasteiger partial charge in [-0.2, -0.15) is 0 Å². The van der Waals surface area contributed by atoms with Crippen molar-refractivity contribution in [3.05, 3.63) is 12.2 Å². The zero-order valence-corrected chi connectivity index (χ0v) is 8.62. The van der Waals surface area contributed by atoms with E-state index in [2.05, 4.69) is 23.8 Å². The Hall–Kier alpha value is -0.870. The maximum Gasteiger partial charge on any atom is 0.332 e. The van der Waals surface area contributed by atoms with Crippen molar-refractivity contribution >= 4 is 5.97 Å². The molecular weight excluding hydrogens is 180 g/mol. The first-order valence-corrected chi connectivity index (χ1v) is 4.93. The smallest absolute Gasteiger partial charge is 0.332 e. The van der Waals surface area contributed by atoms with Gasteiger partial charge < -0.3 is 15.3 Å². The van der Waals surface area contributed by atoms with Crippen LogP contribution in [0.3, 0.4) is 0 Å². The predicted octanol–water partition coefficient (Wildman–Crippen LogP) is 0.311. The summed E-state index contributed by atoms with van der Waals surface area (Å²) in [7, 11) is 2.10. The highest BCUT2D eigenvalue weighted by atomic mass is 16.4. The van der Waals surface area contributed by atoms with Crippen molar-refractivity contribution in [1.82, 2.24) is 10.2 Å². The number of hydrogen-bond acceptors (Lipinski definition) is 3. The predicted molar refractivity (Wildman–Crippen MR) is 55.3 cm³/mol. The van der Waals surface area contributed by atoms with E-state index < -0.39 is 5.97 Å². The Morgan fingerprint density at radius 3 is 2.93 bits per heavy atom. The summed E-state index contributed by atoms with van der Waals surface area (Å²) in [6.45, 7) is 5.83. The summed E-state index contributed by atoms with van der Waals surface area (Å²) in [5.41, 5.74) is 0.227. The fraction of sp³-hybridized carbons (Fsp3) is 0.700. The van der Waals surface area contributed by atoms with E-state index in [0.29, 0.717) is 12.6 Å². The summed E-state index contributed by atoms with van der Waals surface area (Å²) in [4.78, 5) is 12.7. The molecule has 0 aromatic rings. The van der Waals surface area contributed by atoms with Crippen LogP contribution in [0.2, 0.25) is 0 Å². The molecular formula is C10H18N2O2. The highest BCUT2D eigenvalue weighted by Gasteiger charge is 2.20. The van der Waals surface area contributed by atoms with E-state index >= 15 is 0 Å². The molecule has 0 amide bonds. The molecule has 0 bridgehead atoms. The van der Waals surface area contributed by atoms with Crippen molar-refractivity contribution in [2.45, 2.75) is 18.9 Å². The van der Waals surface area contributed by atoms with Crippen LogP contribution in [0.1, 0.15) is 12.8 Å². The largest absolute Gasteiger partial charge is 0.478 e. The van der Waals surface area contributed by atoms with Gasteiger partial charge in [0.25, 0.3) is 0 Å². The van der Waals surface area contributed by atoms with E-state index in [9.17, 15) is 4.79 Å². The van der Waals surface area contributed by atoms with Crippen LogP contribution in [0.25, 0.3) is 0 Å². The Bertz CT molecular complexity index is 228. The minimum atomic E-state index is -0.919. The van der Waals surface area contributed by atoms with Crippen molar-refractivity contribution in [3.8, 4) is 0 Å². The van der Waals surface area contributed by atoms with E-state index in [1.807, 2.05) is 0 Å². The van der Waals surface area contributed by atoms with Crippen LogP contribution in [0, 0.1) is 0 Å². The Morgan fingerprint density at radius 1 is 1.71 bits per heavy atom. The van der Waals surface area contributed by atoms with Crippen molar-refractivity contribution in [3.63, 3.8) is 0 Å². The first-order valence-electron chi connectivity index (χ1n) is 4.93. The third kappa shape index (κ3) is 3.12. The topological polar surface area (TPSA) is 52.6 Å². The van der Waals surface area contributed by atoms with Gasteiger partial charge in [-0.15, -0.1) is 0 Å². The summed E-state index contributed by atoms with van der Waals surface area (Å²) in [5, 5.41) is 11.7. The first-order chi connectivity index (χ1) is 6.61. The van der Waals surface area contributed by atoms with E-state index in [4.69, 9.17) is 5.11 Å². The van der Waals surface area contributed by atoms with Gasteiger partial charge in [-0.3, -0.25) is 0 Å². The number of hydrogen-bond donors (Lipinski definition) is 2. The van der Waals surface area contributed by atoms with Gasteiger partial charge in [0, 0.05) is 24.7 Å². The number of nitrogens with zero attached hydrogens (tertiary/aromatic N) is 1. The van der Waals surface area contributed by atoms with Crippen LogP contribution in [0.4, 0.5) is 0 Å². The molecule has 0 aromatic carbocycles. The fourth-order valence-electron chi connectivity index (χ4n) is 1.70. The molecule has 0 radical (unpaired) electrons. The summed E-state index contributed by atoms with van der Waals surface area (Å²) < 4.78 is 0. The second kappa shape index (κ2) is 5.12. The minimum Gasteiger partial charge on any atom is -0.478 e. The highest BCUT2D eigenvalue weighted by molar-refractivity contribution is 5.86. The molecule has 1 fully saturated rings. The number of aliphatic carboxylic acids is 1. The number of likely N-dealkylation sites (N-methyl/N-ethyl adjacent to an activating group) is 1. The van der Waals surface area contributed by atoms with Gasteiger partial charge in [0.1, 0.15) is 0 Å². The van der Waals surface area contributed by atoms with Crippen molar-refractivity contribution in [2.24, 2.45) is 0 Å². The Morgan fingerprint density at radius 2 is 2.43 bits per heavy atom. The van der Waals surface area contributed by atoms with Crippen LogP contribution < -0.4 is 5.32 Å². The van der Waals surface area contributed by atoms with Crippen LogP contribution in [-0.2, 0) is 4.79 Å². The molecule has 0 saturated carbocycles. The van der Waals surface area contributed by atoms with E-state index in [-0.39, 0.29) is 5.57 Å². The number of likely N-dealkylation sites (tertiary alicyclic amines) is 1. The number of carboxylic acid groups (broad SMARTS) is 1. The second-order valence-corrected chi connectivity index (χ2v) is 3.82. The van der Waals surface area contributed by atoms with Crippen LogP contribution in [-0.4, -0.2) is 48.7 Å². The van der Waals surface area contributed by atoms with Crippen LogP contribution in [0.5, 0.6) is 0 Å². The van der Waals surface area contributed by atoms with Crippen LogP contribution >= 0.6 is 0 Å². The molecule has 14 heavy (non-hydrogen) atoms. The molecule has 0 aromatic heterocycles. The van der Waals surface area contributed by atoms with Crippen molar-refractivity contribution in [1.29, 1.82) is 0 Å². The third-order valence-electron chi connectivity index (χ3n) is 2.69. The van der Waals surface area contributed by atoms with E-state index in [1.165, 1.54) is 12.8 Å². The molecule has 1 atom stereocenters. The lowest BCUT2D eigenvalue weighted by Gasteiger charge is -2.19. The molecule has 80 valence electrons. The number of carbonyl (C=O) groups is 1. The van der Waals surface area contributed by atoms with E-state index in [1.54, 1.807) is 0 Å². The lowest BCUT2D eigenvalue weighted by molar-refractivity contribution is -0.132. The summed E-state index contributed by atoms with van der Waals surface area (Å²) in [6, 6.07) is 0.552. The van der Waals surface area contributed by atoms with Crippen LogP contribution in [0.15, 0.2) is 12.2 Å². The second-order valence-electron chi connectivity index (χ2n) is 3.82. The van der Waals surface area contributed by atoms with Gasteiger partial charge in [0.15, 0.2) is 0 Å². The van der Waals surface area contributed by atoms with Gasteiger partial charge in [-0.1, -0.05) is 6.58 Å². The molecule has 1 rings (SSSR count). The normalized spacial score (nSPS) is 22.5.